The van der Waals surface area contributed by atoms with E-state index in [9.17, 15) is 5.11 Å². The van der Waals surface area contributed by atoms with Gasteiger partial charge in [0.15, 0.2) is 11.5 Å². The monoisotopic (exact) mass is 287 g/mol. The zero-order valence-corrected chi connectivity index (χ0v) is 12.3. The molecule has 0 amide bonds. The van der Waals surface area contributed by atoms with Gasteiger partial charge in [-0.3, -0.25) is 0 Å². The second-order valence-corrected chi connectivity index (χ2v) is 4.90. The zero-order chi connectivity index (χ0) is 15.2. The molecule has 0 heterocycles. The molecule has 0 saturated carbocycles. The van der Waals surface area contributed by atoms with Crippen molar-refractivity contribution in [1.82, 2.24) is 0 Å². The molecule has 0 fully saturated rings. The quantitative estimate of drug-likeness (QED) is 0.855. The van der Waals surface area contributed by atoms with E-state index in [1.807, 2.05) is 36.4 Å². The Kier molecular flexibility index (Phi) is 5.20. The van der Waals surface area contributed by atoms with E-state index in [1.165, 1.54) is 0 Å². The fraction of sp³-hybridized carbons (Fsp3) is 0.294. The van der Waals surface area contributed by atoms with Crippen LogP contribution in [-0.2, 0) is 6.42 Å². The summed E-state index contributed by atoms with van der Waals surface area (Å²) < 4.78 is 10.5. The largest absolute Gasteiger partial charge is 0.493 e. The number of benzene rings is 2. The topological polar surface area (TPSA) is 64.7 Å². The maximum absolute atomic E-state index is 10.3. The van der Waals surface area contributed by atoms with Crippen molar-refractivity contribution in [3.05, 3.63) is 59.7 Å². The van der Waals surface area contributed by atoms with Gasteiger partial charge < -0.3 is 20.3 Å². The third-order valence-electron chi connectivity index (χ3n) is 3.49. The van der Waals surface area contributed by atoms with Gasteiger partial charge in [0.2, 0.25) is 0 Å². The summed E-state index contributed by atoms with van der Waals surface area (Å²) in [6.45, 7) is 0. The second-order valence-electron chi connectivity index (χ2n) is 4.90. The SMILES string of the molecule is COc1ccc([C@@H](N)[C@@H](O)Cc2ccccc2)cc1OC. The minimum Gasteiger partial charge on any atom is -0.493 e. The van der Waals surface area contributed by atoms with Crippen LogP contribution in [0, 0.1) is 0 Å². The summed E-state index contributed by atoms with van der Waals surface area (Å²) in [5.74, 6) is 1.25. The summed E-state index contributed by atoms with van der Waals surface area (Å²) in [7, 11) is 3.16. The number of hydrogen-bond acceptors (Lipinski definition) is 4. The van der Waals surface area contributed by atoms with E-state index in [2.05, 4.69) is 0 Å². The molecule has 0 saturated heterocycles. The molecule has 21 heavy (non-hydrogen) atoms. The Hall–Kier alpha value is -2.04. The van der Waals surface area contributed by atoms with Gasteiger partial charge in [-0.05, 0) is 23.3 Å². The lowest BCUT2D eigenvalue weighted by Gasteiger charge is -2.20. The Morgan fingerprint density at radius 2 is 1.67 bits per heavy atom. The van der Waals surface area contributed by atoms with Crippen molar-refractivity contribution in [2.75, 3.05) is 14.2 Å². The summed E-state index contributed by atoms with van der Waals surface area (Å²) >= 11 is 0. The number of hydrogen-bond donors (Lipinski definition) is 2. The number of aliphatic hydroxyl groups excluding tert-OH is 1. The highest BCUT2D eigenvalue weighted by Crippen LogP contribution is 2.30. The lowest BCUT2D eigenvalue weighted by Crippen LogP contribution is -2.28. The molecule has 0 aliphatic rings. The Labute approximate surface area is 125 Å². The van der Waals surface area contributed by atoms with Crippen molar-refractivity contribution in [2.45, 2.75) is 18.6 Å². The van der Waals surface area contributed by atoms with Crippen molar-refractivity contribution in [2.24, 2.45) is 5.73 Å². The second kappa shape index (κ2) is 7.11. The maximum atomic E-state index is 10.3. The highest BCUT2D eigenvalue weighted by molar-refractivity contribution is 5.44. The lowest BCUT2D eigenvalue weighted by molar-refractivity contribution is 0.145. The van der Waals surface area contributed by atoms with Crippen LogP contribution in [0.5, 0.6) is 11.5 Å². The highest BCUT2D eigenvalue weighted by Gasteiger charge is 2.19. The molecule has 2 rings (SSSR count). The molecule has 0 bridgehead atoms. The third kappa shape index (κ3) is 3.74. The first-order chi connectivity index (χ1) is 10.2. The molecule has 0 unspecified atom stereocenters. The van der Waals surface area contributed by atoms with Crippen molar-refractivity contribution >= 4 is 0 Å². The number of nitrogens with two attached hydrogens (primary N) is 1. The smallest absolute Gasteiger partial charge is 0.161 e. The van der Waals surface area contributed by atoms with Crippen molar-refractivity contribution in [3.63, 3.8) is 0 Å². The average Bonchev–Trinajstić information content (AvgIpc) is 2.54. The van der Waals surface area contributed by atoms with E-state index in [0.717, 1.165) is 11.1 Å². The minimum atomic E-state index is -0.662. The normalized spacial score (nSPS) is 13.5. The van der Waals surface area contributed by atoms with Crippen molar-refractivity contribution < 1.29 is 14.6 Å². The molecule has 112 valence electrons. The van der Waals surface area contributed by atoms with E-state index in [1.54, 1.807) is 26.4 Å². The van der Waals surface area contributed by atoms with E-state index in [4.69, 9.17) is 15.2 Å². The van der Waals surface area contributed by atoms with Crippen LogP contribution >= 0.6 is 0 Å². The molecule has 4 heteroatoms. The first kappa shape index (κ1) is 15.4. The highest BCUT2D eigenvalue weighted by atomic mass is 16.5. The molecule has 2 aromatic rings. The molecule has 0 radical (unpaired) electrons. The lowest BCUT2D eigenvalue weighted by atomic mass is 9.96. The zero-order valence-electron chi connectivity index (χ0n) is 12.3. The van der Waals surface area contributed by atoms with Gasteiger partial charge in [0.05, 0.1) is 26.4 Å². The van der Waals surface area contributed by atoms with Gasteiger partial charge in [-0.15, -0.1) is 0 Å². The molecule has 0 aliphatic carbocycles. The molecule has 0 spiro atoms. The Morgan fingerprint density at radius 3 is 2.29 bits per heavy atom. The fourth-order valence-corrected chi connectivity index (χ4v) is 2.26. The Bertz CT molecular complexity index is 572. The van der Waals surface area contributed by atoms with E-state index >= 15 is 0 Å². The van der Waals surface area contributed by atoms with E-state index in [0.29, 0.717) is 17.9 Å². The summed E-state index contributed by atoms with van der Waals surface area (Å²) in [4.78, 5) is 0. The van der Waals surface area contributed by atoms with Crippen LogP contribution in [0.4, 0.5) is 0 Å². The van der Waals surface area contributed by atoms with Gasteiger partial charge in [0.25, 0.3) is 0 Å². The van der Waals surface area contributed by atoms with Gasteiger partial charge in [-0.25, -0.2) is 0 Å². The molecule has 3 N–H and O–H groups in total. The van der Waals surface area contributed by atoms with E-state index in [-0.39, 0.29) is 0 Å². The first-order valence-electron chi connectivity index (χ1n) is 6.85. The molecule has 2 atom stereocenters. The Morgan fingerprint density at radius 1 is 1.00 bits per heavy atom. The van der Waals surface area contributed by atoms with Crippen LogP contribution in [0.1, 0.15) is 17.2 Å². The van der Waals surface area contributed by atoms with Gasteiger partial charge in [0, 0.05) is 6.42 Å². The van der Waals surface area contributed by atoms with Crippen LogP contribution < -0.4 is 15.2 Å². The number of ether oxygens (including phenoxy) is 2. The van der Waals surface area contributed by atoms with Gasteiger partial charge in [0.1, 0.15) is 0 Å². The fourth-order valence-electron chi connectivity index (χ4n) is 2.26. The molecular formula is C17H21NO3. The van der Waals surface area contributed by atoms with Crippen molar-refractivity contribution in [3.8, 4) is 11.5 Å². The van der Waals surface area contributed by atoms with Crippen LogP contribution in [0.15, 0.2) is 48.5 Å². The van der Waals surface area contributed by atoms with Crippen LogP contribution in [0.3, 0.4) is 0 Å². The van der Waals surface area contributed by atoms with Crippen LogP contribution in [0.2, 0.25) is 0 Å². The van der Waals surface area contributed by atoms with Gasteiger partial charge in [-0.2, -0.15) is 0 Å². The molecule has 0 aromatic heterocycles. The standard InChI is InChI=1S/C17H21NO3/c1-20-15-9-8-13(11-16(15)21-2)17(18)14(19)10-12-6-4-3-5-7-12/h3-9,11,14,17,19H,10,18H2,1-2H3/t14-,17+/m0/s1. The number of rotatable bonds is 6. The molecular weight excluding hydrogens is 266 g/mol. The molecule has 4 nitrogen and oxygen atoms in total. The summed E-state index contributed by atoms with van der Waals surface area (Å²) in [5.41, 5.74) is 8.03. The molecule has 2 aromatic carbocycles. The van der Waals surface area contributed by atoms with Crippen molar-refractivity contribution in [1.29, 1.82) is 0 Å². The van der Waals surface area contributed by atoms with Gasteiger partial charge >= 0.3 is 0 Å². The Balaban J connectivity index is 2.13. The summed E-state index contributed by atoms with van der Waals surface area (Å²) in [6, 6.07) is 14.8. The van der Waals surface area contributed by atoms with Gasteiger partial charge in [-0.1, -0.05) is 36.4 Å². The minimum absolute atomic E-state index is 0.481. The predicted octanol–water partition coefficient (Wildman–Crippen LogP) is 2.31. The van der Waals surface area contributed by atoms with Crippen LogP contribution in [-0.4, -0.2) is 25.4 Å². The predicted molar refractivity (Wildman–Crippen MR) is 82.6 cm³/mol. The maximum Gasteiger partial charge on any atom is 0.161 e. The summed E-state index contributed by atoms with van der Waals surface area (Å²) in [5, 5.41) is 10.3. The molecule has 0 aliphatic heterocycles. The van der Waals surface area contributed by atoms with Crippen LogP contribution in [0.25, 0.3) is 0 Å². The first-order valence-corrected chi connectivity index (χ1v) is 6.85. The number of aliphatic hydroxyl groups is 1. The van der Waals surface area contributed by atoms with E-state index < -0.39 is 12.1 Å². The average molecular weight is 287 g/mol. The summed E-state index contributed by atoms with van der Waals surface area (Å²) in [6.07, 6.45) is -0.151. The number of methoxy groups -OCH3 is 2. The third-order valence-corrected chi connectivity index (χ3v) is 3.49.